The monoisotopic (exact) mass is 226 g/mol. The molecule has 1 heterocycles. The first-order chi connectivity index (χ1) is 6.74. The molecule has 0 saturated heterocycles. The largest absolute Gasteiger partial charge is 0.492 e. The number of thiophene rings is 1. The van der Waals surface area contributed by atoms with Gasteiger partial charge in [-0.15, -0.1) is 11.3 Å². The Morgan fingerprint density at radius 3 is 3.00 bits per heavy atom. The molecule has 3 heteroatoms. The highest BCUT2D eigenvalue weighted by Gasteiger charge is 2.10. The SMILES string of the molecule is CCOc1c(C)c(Cl)cc2ccsc12. The van der Waals surface area contributed by atoms with E-state index in [-0.39, 0.29) is 0 Å². The number of rotatable bonds is 2. The first-order valence-corrected chi connectivity index (χ1v) is 5.79. The number of hydrogen-bond donors (Lipinski definition) is 0. The Morgan fingerprint density at radius 1 is 1.50 bits per heavy atom. The van der Waals surface area contributed by atoms with E-state index in [9.17, 15) is 0 Å². The fraction of sp³-hybridized carbons (Fsp3) is 0.273. The van der Waals surface area contributed by atoms with Crippen LogP contribution < -0.4 is 4.74 Å². The fourth-order valence-electron chi connectivity index (χ4n) is 1.46. The molecule has 0 atom stereocenters. The Labute approximate surface area is 92.3 Å². The summed E-state index contributed by atoms with van der Waals surface area (Å²) in [6.07, 6.45) is 0. The lowest BCUT2D eigenvalue weighted by Gasteiger charge is -2.09. The van der Waals surface area contributed by atoms with Crippen molar-refractivity contribution in [1.29, 1.82) is 0 Å². The van der Waals surface area contributed by atoms with Crippen LogP contribution in [0, 0.1) is 6.92 Å². The van der Waals surface area contributed by atoms with Crippen LogP contribution in [0.1, 0.15) is 12.5 Å². The van der Waals surface area contributed by atoms with Crippen molar-refractivity contribution in [2.75, 3.05) is 6.61 Å². The maximum atomic E-state index is 6.11. The summed E-state index contributed by atoms with van der Waals surface area (Å²) in [6, 6.07) is 4.05. The lowest BCUT2D eigenvalue weighted by atomic mass is 10.2. The average Bonchev–Trinajstić information content (AvgIpc) is 2.60. The molecule has 2 aromatic rings. The van der Waals surface area contributed by atoms with Gasteiger partial charge in [0, 0.05) is 10.6 Å². The third kappa shape index (κ3) is 1.49. The Morgan fingerprint density at radius 2 is 2.29 bits per heavy atom. The van der Waals surface area contributed by atoms with Crippen molar-refractivity contribution in [3.8, 4) is 5.75 Å². The molecule has 0 aliphatic heterocycles. The molecule has 0 saturated carbocycles. The van der Waals surface area contributed by atoms with Crippen LogP contribution in [0.4, 0.5) is 0 Å². The highest BCUT2D eigenvalue weighted by Crippen LogP contribution is 2.37. The van der Waals surface area contributed by atoms with Gasteiger partial charge in [-0.3, -0.25) is 0 Å². The summed E-state index contributed by atoms with van der Waals surface area (Å²) < 4.78 is 6.80. The first kappa shape index (κ1) is 9.81. The minimum absolute atomic E-state index is 0.675. The molecule has 0 aliphatic carbocycles. The van der Waals surface area contributed by atoms with Crippen LogP contribution >= 0.6 is 22.9 Å². The third-order valence-corrected chi connectivity index (χ3v) is 3.49. The summed E-state index contributed by atoms with van der Waals surface area (Å²) in [5.41, 5.74) is 1.03. The van der Waals surface area contributed by atoms with E-state index in [1.165, 1.54) is 4.70 Å². The minimum atomic E-state index is 0.675. The van der Waals surface area contributed by atoms with Gasteiger partial charge in [-0.25, -0.2) is 0 Å². The highest BCUT2D eigenvalue weighted by atomic mass is 35.5. The second-order valence-corrected chi connectivity index (χ2v) is 4.41. The topological polar surface area (TPSA) is 9.23 Å². The molecule has 2 rings (SSSR count). The predicted molar refractivity (Wildman–Crippen MR) is 62.7 cm³/mol. The van der Waals surface area contributed by atoms with Gasteiger partial charge in [-0.1, -0.05) is 11.6 Å². The summed E-state index contributed by atoms with van der Waals surface area (Å²) in [4.78, 5) is 0. The summed E-state index contributed by atoms with van der Waals surface area (Å²) in [5.74, 6) is 0.935. The molecule has 0 fully saturated rings. The molecule has 1 aromatic heterocycles. The Kier molecular flexibility index (Phi) is 2.66. The number of halogens is 1. The molecule has 0 bridgehead atoms. The van der Waals surface area contributed by atoms with E-state index >= 15 is 0 Å². The maximum absolute atomic E-state index is 6.11. The van der Waals surface area contributed by atoms with E-state index in [4.69, 9.17) is 16.3 Å². The minimum Gasteiger partial charge on any atom is -0.492 e. The van der Waals surface area contributed by atoms with Gasteiger partial charge in [0.1, 0.15) is 5.75 Å². The van der Waals surface area contributed by atoms with E-state index in [2.05, 4.69) is 11.4 Å². The Hall–Kier alpha value is -0.730. The van der Waals surface area contributed by atoms with Crippen molar-refractivity contribution in [2.24, 2.45) is 0 Å². The molecular weight excluding hydrogens is 216 g/mol. The van der Waals surface area contributed by atoms with Gasteiger partial charge >= 0.3 is 0 Å². The smallest absolute Gasteiger partial charge is 0.141 e. The Balaban J connectivity index is 2.73. The molecule has 74 valence electrons. The molecule has 14 heavy (non-hydrogen) atoms. The van der Waals surface area contributed by atoms with Crippen molar-refractivity contribution < 1.29 is 4.74 Å². The van der Waals surface area contributed by atoms with Crippen LogP contribution in [0.5, 0.6) is 5.75 Å². The van der Waals surface area contributed by atoms with Crippen LogP contribution in [0.3, 0.4) is 0 Å². The van der Waals surface area contributed by atoms with Gasteiger partial charge in [0.05, 0.1) is 11.3 Å². The number of fused-ring (bicyclic) bond motifs is 1. The third-order valence-electron chi connectivity index (χ3n) is 2.17. The van der Waals surface area contributed by atoms with Crippen molar-refractivity contribution in [2.45, 2.75) is 13.8 Å². The Bertz CT molecular complexity index is 462. The summed E-state index contributed by atoms with van der Waals surface area (Å²) in [5, 5.41) is 4.00. The zero-order chi connectivity index (χ0) is 10.1. The molecule has 0 N–H and O–H groups in total. The van der Waals surface area contributed by atoms with E-state index in [1.54, 1.807) is 11.3 Å². The van der Waals surface area contributed by atoms with Gasteiger partial charge in [-0.05, 0) is 36.7 Å². The normalized spacial score (nSPS) is 10.8. The van der Waals surface area contributed by atoms with Crippen molar-refractivity contribution in [3.05, 3.63) is 28.1 Å². The van der Waals surface area contributed by atoms with Gasteiger partial charge in [0.2, 0.25) is 0 Å². The van der Waals surface area contributed by atoms with Crippen LogP contribution in [-0.4, -0.2) is 6.61 Å². The zero-order valence-electron chi connectivity index (χ0n) is 8.13. The lowest BCUT2D eigenvalue weighted by molar-refractivity contribution is 0.342. The fourth-order valence-corrected chi connectivity index (χ4v) is 2.60. The van der Waals surface area contributed by atoms with Crippen molar-refractivity contribution >= 4 is 33.0 Å². The number of hydrogen-bond acceptors (Lipinski definition) is 2. The van der Waals surface area contributed by atoms with Gasteiger partial charge in [0.15, 0.2) is 0 Å². The van der Waals surface area contributed by atoms with Gasteiger partial charge in [-0.2, -0.15) is 0 Å². The molecule has 0 amide bonds. The highest BCUT2D eigenvalue weighted by molar-refractivity contribution is 7.17. The van der Waals surface area contributed by atoms with Crippen LogP contribution in [0.25, 0.3) is 10.1 Å². The van der Waals surface area contributed by atoms with Gasteiger partial charge < -0.3 is 4.74 Å². The summed E-state index contributed by atoms with van der Waals surface area (Å²) in [7, 11) is 0. The average molecular weight is 227 g/mol. The standard InChI is InChI=1S/C11H11ClOS/c1-3-13-10-7(2)9(12)6-8-4-5-14-11(8)10/h4-6H,3H2,1-2H3. The number of ether oxygens (including phenoxy) is 1. The molecule has 0 radical (unpaired) electrons. The maximum Gasteiger partial charge on any atom is 0.141 e. The number of benzene rings is 1. The summed E-state index contributed by atoms with van der Waals surface area (Å²) in [6.45, 7) is 4.65. The molecular formula is C11H11ClOS. The molecule has 0 aliphatic rings. The summed E-state index contributed by atoms with van der Waals surface area (Å²) >= 11 is 7.80. The zero-order valence-corrected chi connectivity index (χ0v) is 9.71. The lowest BCUT2D eigenvalue weighted by Crippen LogP contribution is -1.94. The van der Waals surface area contributed by atoms with Gasteiger partial charge in [0.25, 0.3) is 0 Å². The second kappa shape index (κ2) is 3.79. The quantitative estimate of drug-likeness (QED) is 0.744. The van der Waals surface area contributed by atoms with Crippen molar-refractivity contribution in [3.63, 3.8) is 0 Å². The molecule has 1 nitrogen and oxygen atoms in total. The second-order valence-electron chi connectivity index (χ2n) is 3.08. The van der Waals surface area contributed by atoms with E-state index in [1.807, 2.05) is 19.9 Å². The van der Waals surface area contributed by atoms with Crippen LogP contribution in [0.15, 0.2) is 17.5 Å². The van der Waals surface area contributed by atoms with Crippen LogP contribution in [-0.2, 0) is 0 Å². The first-order valence-electron chi connectivity index (χ1n) is 4.53. The molecule has 0 spiro atoms. The molecule has 1 aromatic carbocycles. The van der Waals surface area contributed by atoms with E-state index in [0.717, 1.165) is 21.7 Å². The van der Waals surface area contributed by atoms with Crippen LogP contribution in [0.2, 0.25) is 5.02 Å². The molecule has 0 unspecified atom stereocenters. The predicted octanol–water partition coefficient (Wildman–Crippen LogP) is 4.26. The van der Waals surface area contributed by atoms with E-state index in [0.29, 0.717) is 6.61 Å². The van der Waals surface area contributed by atoms with Crippen molar-refractivity contribution in [1.82, 2.24) is 0 Å². The van der Waals surface area contributed by atoms with E-state index < -0.39 is 0 Å².